The maximum atomic E-state index is 14.0. The number of thiophene rings is 1. The topological polar surface area (TPSA) is 51.2 Å². The molecule has 0 saturated carbocycles. The van der Waals surface area contributed by atoms with Crippen molar-refractivity contribution in [2.24, 2.45) is 0 Å². The Kier molecular flexibility index (Phi) is 4.11. The number of hydrogen-bond acceptors (Lipinski definition) is 5. The summed E-state index contributed by atoms with van der Waals surface area (Å²) in [6.07, 6.45) is 2.08. The fourth-order valence-corrected chi connectivity index (χ4v) is 4.46. The van der Waals surface area contributed by atoms with Crippen LogP contribution in [0.1, 0.15) is 39.0 Å². The van der Waals surface area contributed by atoms with Crippen LogP contribution in [0.4, 0.5) is 14.6 Å². The highest BCUT2D eigenvalue weighted by Gasteiger charge is 2.30. The van der Waals surface area contributed by atoms with Crippen LogP contribution < -0.4 is 10.1 Å². The molecule has 0 bridgehead atoms. The van der Waals surface area contributed by atoms with Crippen LogP contribution in [-0.4, -0.2) is 18.4 Å². The summed E-state index contributed by atoms with van der Waals surface area (Å²) in [5.74, 6) is -1.24. The zero-order chi connectivity index (χ0) is 18.4. The molecule has 3 aromatic rings. The Hall–Kier alpha value is -2.54. The third kappa shape index (κ3) is 2.63. The van der Waals surface area contributed by atoms with E-state index in [9.17, 15) is 13.6 Å². The van der Waals surface area contributed by atoms with E-state index in [0.29, 0.717) is 34.7 Å². The molecule has 0 saturated heterocycles. The number of hydrogen-bond donors (Lipinski definition) is 1. The van der Waals surface area contributed by atoms with Gasteiger partial charge >= 0.3 is 0 Å². The summed E-state index contributed by atoms with van der Waals surface area (Å²) in [4.78, 5) is 16.3. The molecule has 1 aromatic carbocycles. The van der Waals surface area contributed by atoms with Crippen LogP contribution in [0.5, 0.6) is 5.75 Å². The third-order valence-electron chi connectivity index (χ3n) is 4.65. The number of aryl methyl sites for hydroxylation is 1. The van der Waals surface area contributed by atoms with Crippen molar-refractivity contribution in [3.63, 3.8) is 0 Å². The lowest BCUT2D eigenvalue weighted by Crippen LogP contribution is -2.10. The number of rotatable bonds is 4. The van der Waals surface area contributed by atoms with Crippen molar-refractivity contribution < 1.29 is 18.3 Å². The average molecular weight is 374 g/mol. The Morgan fingerprint density at radius 3 is 2.88 bits per heavy atom. The van der Waals surface area contributed by atoms with Crippen LogP contribution in [0, 0.1) is 18.6 Å². The standard InChI is InChI=1S/C19H16F2N2O2S/c1-9-5-10-6-11(8-24)26-18(10)19(22-9)23-15-4-3-12-13(15)7-14(20)16(21)17(12)25-2/h5-8,15H,3-4H2,1-2H3,(H,22,23)/t15-/m1/s1. The predicted octanol–water partition coefficient (Wildman–Crippen LogP) is 4.80. The van der Waals surface area contributed by atoms with Crippen LogP contribution in [-0.2, 0) is 6.42 Å². The molecule has 0 fully saturated rings. The molecule has 2 aromatic heterocycles. The minimum Gasteiger partial charge on any atom is -0.493 e. The van der Waals surface area contributed by atoms with Gasteiger partial charge in [-0.2, -0.15) is 4.39 Å². The Balaban J connectivity index is 1.77. The zero-order valence-electron chi connectivity index (χ0n) is 14.2. The van der Waals surface area contributed by atoms with E-state index in [1.807, 2.05) is 19.1 Å². The predicted molar refractivity (Wildman–Crippen MR) is 97.3 cm³/mol. The summed E-state index contributed by atoms with van der Waals surface area (Å²) in [5, 5.41) is 4.29. The highest BCUT2D eigenvalue weighted by molar-refractivity contribution is 7.21. The molecule has 1 aliphatic carbocycles. The first-order valence-electron chi connectivity index (χ1n) is 8.19. The first kappa shape index (κ1) is 16.9. The number of aldehydes is 1. The number of carbonyl (C=O) groups excluding carboxylic acids is 1. The summed E-state index contributed by atoms with van der Waals surface area (Å²) in [6, 6.07) is 4.78. The molecule has 134 valence electrons. The number of aromatic nitrogens is 1. The molecule has 4 nitrogen and oxygen atoms in total. The van der Waals surface area contributed by atoms with Crippen molar-refractivity contribution in [2.75, 3.05) is 12.4 Å². The number of carbonyl (C=O) groups is 1. The van der Waals surface area contributed by atoms with Crippen molar-refractivity contribution in [3.05, 3.63) is 51.5 Å². The summed E-state index contributed by atoms with van der Waals surface area (Å²) in [5.41, 5.74) is 2.19. The third-order valence-corrected chi connectivity index (χ3v) is 5.73. The van der Waals surface area contributed by atoms with E-state index in [4.69, 9.17) is 4.74 Å². The van der Waals surface area contributed by atoms with E-state index in [1.165, 1.54) is 24.5 Å². The number of halogens is 2. The average Bonchev–Trinajstić information content (AvgIpc) is 3.20. The Bertz CT molecular complexity index is 1030. The van der Waals surface area contributed by atoms with Crippen molar-refractivity contribution >= 4 is 33.5 Å². The van der Waals surface area contributed by atoms with Crippen LogP contribution in [0.2, 0.25) is 0 Å². The van der Waals surface area contributed by atoms with Gasteiger partial charge in [0.25, 0.3) is 0 Å². The van der Waals surface area contributed by atoms with Crippen LogP contribution in [0.3, 0.4) is 0 Å². The highest BCUT2D eigenvalue weighted by atomic mass is 32.1. The molecule has 26 heavy (non-hydrogen) atoms. The largest absolute Gasteiger partial charge is 0.493 e. The molecular weight excluding hydrogens is 358 g/mol. The van der Waals surface area contributed by atoms with Gasteiger partial charge in [0.1, 0.15) is 5.82 Å². The number of anilines is 1. The summed E-state index contributed by atoms with van der Waals surface area (Å²) >= 11 is 1.36. The number of nitrogens with one attached hydrogen (secondary N) is 1. The summed E-state index contributed by atoms with van der Waals surface area (Å²) in [6.45, 7) is 1.88. The van der Waals surface area contributed by atoms with E-state index < -0.39 is 11.6 Å². The van der Waals surface area contributed by atoms with Gasteiger partial charge in [0, 0.05) is 11.3 Å². The van der Waals surface area contributed by atoms with Crippen molar-refractivity contribution in [1.82, 2.24) is 4.98 Å². The van der Waals surface area contributed by atoms with Gasteiger partial charge in [0.2, 0.25) is 5.82 Å². The lowest BCUT2D eigenvalue weighted by Gasteiger charge is -2.17. The summed E-state index contributed by atoms with van der Waals surface area (Å²) < 4.78 is 33.9. The molecule has 1 N–H and O–H groups in total. The molecule has 0 spiro atoms. The number of benzene rings is 1. The van der Waals surface area contributed by atoms with E-state index in [2.05, 4.69) is 10.3 Å². The lowest BCUT2D eigenvalue weighted by atomic mass is 10.1. The number of fused-ring (bicyclic) bond motifs is 2. The van der Waals surface area contributed by atoms with Crippen molar-refractivity contribution in [2.45, 2.75) is 25.8 Å². The molecule has 4 rings (SSSR count). The zero-order valence-corrected chi connectivity index (χ0v) is 15.0. The minimum absolute atomic E-state index is 0.0222. The van der Waals surface area contributed by atoms with Gasteiger partial charge in [-0.15, -0.1) is 11.3 Å². The molecule has 1 atom stereocenters. The smallest absolute Gasteiger partial charge is 0.200 e. The normalized spacial score (nSPS) is 15.9. The van der Waals surface area contributed by atoms with Gasteiger partial charge in [0.15, 0.2) is 17.9 Å². The second-order valence-corrected chi connectivity index (χ2v) is 7.39. The minimum atomic E-state index is -0.947. The van der Waals surface area contributed by atoms with Gasteiger partial charge in [-0.3, -0.25) is 4.79 Å². The van der Waals surface area contributed by atoms with Gasteiger partial charge < -0.3 is 10.1 Å². The van der Waals surface area contributed by atoms with Crippen LogP contribution in [0.15, 0.2) is 18.2 Å². The maximum Gasteiger partial charge on any atom is 0.200 e. The van der Waals surface area contributed by atoms with Gasteiger partial charge in [-0.05, 0) is 48.9 Å². The van der Waals surface area contributed by atoms with E-state index in [1.54, 1.807) is 0 Å². The van der Waals surface area contributed by atoms with Gasteiger partial charge in [-0.25, -0.2) is 9.37 Å². The fourth-order valence-electron chi connectivity index (χ4n) is 3.56. The van der Waals surface area contributed by atoms with Crippen molar-refractivity contribution in [1.29, 1.82) is 0 Å². The second kappa shape index (κ2) is 6.32. The molecule has 1 aliphatic rings. The van der Waals surface area contributed by atoms with E-state index in [0.717, 1.165) is 22.1 Å². The fraction of sp³-hybridized carbons (Fsp3) is 0.263. The van der Waals surface area contributed by atoms with Crippen LogP contribution in [0.25, 0.3) is 10.1 Å². The molecule has 7 heteroatoms. The molecule has 0 radical (unpaired) electrons. The maximum absolute atomic E-state index is 14.0. The van der Waals surface area contributed by atoms with E-state index >= 15 is 0 Å². The number of nitrogens with zero attached hydrogens (tertiary/aromatic N) is 1. The molecule has 0 amide bonds. The molecule has 0 unspecified atom stereocenters. The van der Waals surface area contributed by atoms with Crippen LogP contribution >= 0.6 is 11.3 Å². The van der Waals surface area contributed by atoms with Gasteiger partial charge in [-0.1, -0.05) is 0 Å². The van der Waals surface area contributed by atoms with Crippen molar-refractivity contribution in [3.8, 4) is 5.75 Å². The van der Waals surface area contributed by atoms with E-state index in [-0.39, 0.29) is 11.8 Å². The lowest BCUT2D eigenvalue weighted by molar-refractivity contribution is 0.112. The first-order valence-corrected chi connectivity index (χ1v) is 9.01. The SMILES string of the molecule is COc1c(F)c(F)cc2c1CC[C@H]2Nc1nc(C)cc2cc(C=O)sc12. The Labute approximate surface area is 152 Å². The monoisotopic (exact) mass is 374 g/mol. The number of methoxy groups -OCH3 is 1. The number of pyridine rings is 1. The Morgan fingerprint density at radius 2 is 2.15 bits per heavy atom. The molecule has 2 heterocycles. The highest BCUT2D eigenvalue weighted by Crippen LogP contribution is 2.42. The quantitative estimate of drug-likeness (QED) is 0.666. The number of ether oxygens (including phenoxy) is 1. The van der Waals surface area contributed by atoms with Gasteiger partial charge in [0.05, 0.1) is 22.7 Å². The molecule has 0 aliphatic heterocycles. The molecular formula is C19H16F2N2O2S. The second-order valence-electron chi connectivity index (χ2n) is 6.31. The summed E-state index contributed by atoms with van der Waals surface area (Å²) in [7, 11) is 1.34. The first-order chi connectivity index (χ1) is 12.5. The Morgan fingerprint density at radius 1 is 1.35 bits per heavy atom.